The van der Waals surface area contributed by atoms with E-state index in [4.69, 9.17) is 0 Å². The Labute approximate surface area is 105 Å². The Kier molecular flexibility index (Phi) is 4.58. The summed E-state index contributed by atoms with van der Waals surface area (Å²) < 4.78 is 0. The maximum Gasteiger partial charge on any atom is 0.0499 e. The van der Waals surface area contributed by atoms with E-state index in [0.717, 1.165) is 6.54 Å². The van der Waals surface area contributed by atoms with Crippen LogP contribution in [0.3, 0.4) is 0 Å². The second-order valence-corrected chi connectivity index (χ2v) is 5.92. The molecule has 0 aromatic heterocycles. The molecule has 1 aromatic carbocycles. The molecule has 96 valence electrons. The number of benzene rings is 1. The summed E-state index contributed by atoms with van der Waals surface area (Å²) in [6.07, 6.45) is 0. The molecule has 0 unspecified atom stereocenters. The van der Waals surface area contributed by atoms with Gasteiger partial charge in [0, 0.05) is 31.3 Å². The second kappa shape index (κ2) is 5.54. The predicted octanol–water partition coefficient (Wildman–Crippen LogP) is 3.26. The van der Waals surface area contributed by atoms with Crippen molar-refractivity contribution in [3.05, 3.63) is 29.8 Å². The van der Waals surface area contributed by atoms with E-state index >= 15 is 0 Å². The van der Waals surface area contributed by atoms with Gasteiger partial charge in [0.1, 0.15) is 0 Å². The van der Waals surface area contributed by atoms with Crippen LogP contribution in [0.2, 0.25) is 0 Å². The molecule has 2 heteroatoms. The molecule has 0 bridgehead atoms. The fourth-order valence-electron chi connectivity index (χ4n) is 1.90. The van der Waals surface area contributed by atoms with Crippen molar-refractivity contribution in [1.29, 1.82) is 0 Å². The normalized spacial score (nSPS) is 11.9. The van der Waals surface area contributed by atoms with Crippen LogP contribution in [0.1, 0.15) is 39.2 Å². The molecule has 0 amide bonds. The summed E-state index contributed by atoms with van der Waals surface area (Å²) in [5.41, 5.74) is 2.50. The fourth-order valence-corrected chi connectivity index (χ4v) is 1.90. The van der Waals surface area contributed by atoms with E-state index in [1.54, 1.807) is 0 Å². The van der Waals surface area contributed by atoms with Crippen LogP contribution in [0, 0.1) is 5.41 Å². The van der Waals surface area contributed by atoms with Gasteiger partial charge in [-0.2, -0.15) is 0 Å². The average Bonchev–Trinajstić information content (AvgIpc) is 2.28. The topological polar surface area (TPSA) is 23.5 Å². The number of nitrogens with zero attached hydrogens (tertiary/aromatic N) is 1. The molecule has 0 spiro atoms. The number of rotatable bonds is 5. The lowest BCUT2D eigenvalue weighted by Crippen LogP contribution is -2.33. The standard InChI is InChI=1S/C15H25NO/c1-12(2)13-6-8-14(9-7-13)16(5)10-15(3,4)11-17/h6-9,12,17H,10-11H2,1-5H3. The third-order valence-electron chi connectivity index (χ3n) is 3.09. The lowest BCUT2D eigenvalue weighted by atomic mass is 9.94. The number of aliphatic hydroxyl groups is 1. The second-order valence-electron chi connectivity index (χ2n) is 5.92. The molecule has 0 aliphatic heterocycles. The molecule has 17 heavy (non-hydrogen) atoms. The molecule has 0 radical (unpaired) electrons. The lowest BCUT2D eigenvalue weighted by molar-refractivity contribution is 0.165. The van der Waals surface area contributed by atoms with Crippen LogP contribution in [0.15, 0.2) is 24.3 Å². The van der Waals surface area contributed by atoms with E-state index in [9.17, 15) is 5.11 Å². The first-order chi connectivity index (χ1) is 7.85. The predicted molar refractivity (Wildman–Crippen MR) is 74.7 cm³/mol. The highest BCUT2D eigenvalue weighted by atomic mass is 16.3. The van der Waals surface area contributed by atoms with Crippen molar-refractivity contribution >= 4 is 5.69 Å². The monoisotopic (exact) mass is 235 g/mol. The highest BCUT2D eigenvalue weighted by Gasteiger charge is 2.19. The third kappa shape index (κ3) is 4.04. The largest absolute Gasteiger partial charge is 0.396 e. The van der Waals surface area contributed by atoms with Crippen LogP contribution < -0.4 is 4.90 Å². The van der Waals surface area contributed by atoms with Gasteiger partial charge in [-0.25, -0.2) is 0 Å². The smallest absolute Gasteiger partial charge is 0.0499 e. The van der Waals surface area contributed by atoms with Crippen LogP contribution in [-0.4, -0.2) is 25.3 Å². The Hall–Kier alpha value is -1.02. The average molecular weight is 235 g/mol. The molecule has 0 fully saturated rings. The van der Waals surface area contributed by atoms with Gasteiger partial charge in [-0.3, -0.25) is 0 Å². The van der Waals surface area contributed by atoms with Crippen molar-refractivity contribution in [2.24, 2.45) is 5.41 Å². The Balaban J connectivity index is 2.73. The summed E-state index contributed by atoms with van der Waals surface area (Å²) in [7, 11) is 2.07. The summed E-state index contributed by atoms with van der Waals surface area (Å²) in [5, 5.41) is 9.28. The Morgan fingerprint density at radius 1 is 1.18 bits per heavy atom. The van der Waals surface area contributed by atoms with Crippen molar-refractivity contribution in [2.45, 2.75) is 33.6 Å². The summed E-state index contributed by atoms with van der Waals surface area (Å²) in [6.45, 7) is 9.62. The summed E-state index contributed by atoms with van der Waals surface area (Å²) in [4.78, 5) is 2.19. The van der Waals surface area contributed by atoms with E-state index < -0.39 is 0 Å². The van der Waals surface area contributed by atoms with Gasteiger partial charge in [0.05, 0.1) is 0 Å². The van der Waals surface area contributed by atoms with Gasteiger partial charge >= 0.3 is 0 Å². The summed E-state index contributed by atoms with van der Waals surface area (Å²) in [5.74, 6) is 0.572. The van der Waals surface area contributed by atoms with Crippen LogP contribution in [0.25, 0.3) is 0 Å². The molecular weight excluding hydrogens is 210 g/mol. The van der Waals surface area contributed by atoms with Crippen LogP contribution in [-0.2, 0) is 0 Å². The maximum absolute atomic E-state index is 9.28. The van der Waals surface area contributed by atoms with Crippen LogP contribution in [0.5, 0.6) is 0 Å². The number of aliphatic hydroxyl groups excluding tert-OH is 1. The van der Waals surface area contributed by atoms with E-state index in [2.05, 4.69) is 63.9 Å². The number of hydrogen-bond donors (Lipinski definition) is 1. The Bertz CT molecular complexity index is 340. The van der Waals surface area contributed by atoms with Gasteiger partial charge in [-0.05, 0) is 23.6 Å². The van der Waals surface area contributed by atoms with Crippen LogP contribution in [0.4, 0.5) is 5.69 Å². The molecule has 0 aliphatic rings. The van der Waals surface area contributed by atoms with Crippen LogP contribution >= 0.6 is 0 Å². The molecule has 0 aliphatic carbocycles. The SMILES string of the molecule is CC(C)c1ccc(N(C)CC(C)(C)CO)cc1. The number of hydrogen-bond acceptors (Lipinski definition) is 2. The Morgan fingerprint density at radius 2 is 1.71 bits per heavy atom. The van der Waals surface area contributed by atoms with Gasteiger partial charge in [0.15, 0.2) is 0 Å². The molecule has 0 heterocycles. The van der Waals surface area contributed by atoms with Crippen molar-refractivity contribution in [3.8, 4) is 0 Å². The fraction of sp³-hybridized carbons (Fsp3) is 0.600. The molecule has 0 atom stereocenters. The first kappa shape index (κ1) is 14.0. The lowest BCUT2D eigenvalue weighted by Gasteiger charge is -2.30. The zero-order valence-corrected chi connectivity index (χ0v) is 11.7. The maximum atomic E-state index is 9.28. The minimum absolute atomic E-state index is 0.0640. The van der Waals surface area contributed by atoms with Crippen molar-refractivity contribution in [3.63, 3.8) is 0 Å². The van der Waals surface area contributed by atoms with Gasteiger partial charge in [0.25, 0.3) is 0 Å². The van der Waals surface area contributed by atoms with Gasteiger partial charge in [-0.15, -0.1) is 0 Å². The van der Waals surface area contributed by atoms with Crippen molar-refractivity contribution in [2.75, 3.05) is 25.1 Å². The summed E-state index contributed by atoms with van der Waals surface area (Å²) in [6, 6.07) is 8.68. The molecule has 2 nitrogen and oxygen atoms in total. The molecular formula is C15H25NO. The Morgan fingerprint density at radius 3 is 2.12 bits per heavy atom. The third-order valence-corrected chi connectivity index (χ3v) is 3.09. The minimum Gasteiger partial charge on any atom is -0.396 e. The van der Waals surface area contributed by atoms with Gasteiger partial charge in [0.2, 0.25) is 0 Å². The zero-order valence-electron chi connectivity index (χ0n) is 11.7. The quantitative estimate of drug-likeness (QED) is 0.846. The summed E-state index contributed by atoms with van der Waals surface area (Å²) >= 11 is 0. The zero-order chi connectivity index (χ0) is 13.1. The highest BCUT2D eigenvalue weighted by molar-refractivity contribution is 5.47. The van der Waals surface area contributed by atoms with Gasteiger partial charge in [-0.1, -0.05) is 39.8 Å². The number of anilines is 1. The van der Waals surface area contributed by atoms with Crippen molar-refractivity contribution in [1.82, 2.24) is 0 Å². The molecule has 0 saturated carbocycles. The first-order valence-corrected chi connectivity index (χ1v) is 6.28. The molecule has 1 aromatic rings. The van der Waals surface area contributed by atoms with E-state index in [1.165, 1.54) is 11.3 Å². The molecule has 1 rings (SSSR count). The highest BCUT2D eigenvalue weighted by Crippen LogP contribution is 2.22. The van der Waals surface area contributed by atoms with E-state index in [0.29, 0.717) is 5.92 Å². The first-order valence-electron chi connectivity index (χ1n) is 6.28. The minimum atomic E-state index is -0.0640. The van der Waals surface area contributed by atoms with Crippen molar-refractivity contribution < 1.29 is 5.11 Å². The van der Waals surface area contributed by atoms with E-state index in [-0.39, 0.29) is 12.0 Å². The van der Waals surface area contributed by atoms with Gasteiger partial charge < -0.3 is 10.0 Å². The molecule has 0 saturated heterocycles. The molecule has 1 N–H and O–H groups in total. The van der Waals surface area contributed by atoms with E-state index in [1.807, 2.05) is 0 Å².